The summed E-state index contributed by atoms with van der Waals surface area (Å²) in [4.78, 5) is 11.4. The molecule has 1 aromatic rings. The lowest BCUT2D eigenvalue weighted by Gasteiger charge is -2.24. The predicted molar refractivity (Wildman–Crippen MR) is 66.8 cm³/mol. The van der Waals surface area contributed by atoms with E-state index >= 15 is 0 Å². The maximum absolute atomic E-state index is 11.4. The predicted octanol–water partition coefficient (Wildman–Crippen LogP) is 3.34. The Morgan fingerprint density at radius 1 is 1.33 bits per heavy atom. The van der Waals surface area contributed by atoms with E-state index in [1.54, 1.807) is 0 Å². The lowest BCUT2D eigenvalue weighted by molar-refractivity contribution is -0.145. The van der Waals surface area contributed by atoms with E-state index in [1.165, 1.54) is 0 Å². The van der Waals surface area contributed by atoms with Crippen LogP contribution in [-0.4, -0.2) is 5.97 Å². The summed E-state index contributed by atoms with van der Waals surface area (Å²) in [5.41, 5.74) is 0.203. The van der Waals surface area contributed by atoms with Crippen LogP contribution in [0.3, 0.4) is 0 Å². The highest BCUT2D eigenvalue weighted by Gasteiger charge is 2.43. The SMILES string of the molecule is CC1(c2ccccc2)OC(=O)C(Cl)=C1I. The Morgan fingerprint density at radius 3 is 2.40 bits per heavy atom. The van der Waals surface area contributed by atoms with Gasteiger partial charge in [-0.05, 0) is 29.5 Å². The van der Waals surface area contributed by atoms with Gasteiger partial charge in [0.2, 0.25) is 0 Å². The molecule has 78 valence electrons. The maximum Gasteiger partial charge on any atom is 0.351 e. The third-order valence-corrected chi connectivity index (χ3v) is 4.64. The standard InChI is InChI=1S/C11H8ClIO2/c1-11(7-5-3-2-4-6-7)9(13)8(12)10(14)15-11/h2-6H,1H3. The third-order valence-electron chi connectivity index (χ3n) is 2.41. The molecule has 0 N–H and O–H groups in total. The van der Waals surface area contributed by atoms with Crippen molar-refractivity contribution in [1.82, 2.24) is 0 Å². The average molecular weight is 335 g/mol. The molecule has 1 unspecified atom stereocenters. The molecule has 2 nitrogen and oxygen atoms in total. The van der Waals surface area contributed by atoms with Gasteiger partial charge in [0.25, 0.3) is 0 Å². The minimum absolute atomic E-state index is 0.182. The second kappa shape index (κ2) is 3.79. The van der Waals surface area contributed by atoms with Gasteiger partial charge >= 0.3 is 5.97 Å². The molecule has 1 atom stereocenters. The molecule has 1 aliphatic rings. The Balaban J connectivity index is 2.51. The van der Waals surface area contributed by atoms with Gasteiger partial charge in [-0.25, -0.2) is 4.79 Å². The van der Waals surface area contributed by atoms with Gasteiger partial charge in [-0.3, -0.25) is 0 Å². The van der Waals surface area contributed by atoms with Gasteiger partial charge in [0.05, 0.1) is 3.58 Å². The quantitative estimate of drug-likeness (QED) is 0.581. The van der Waals surface area contributed by atoms with Crippen LogP contribution in [0.25, 0.3) is 0 Å². The van der Waals surface area contributed by atoms with Crippen LogP contribution in [0.4, 0.5) is 0 Å². The molecule has 2 rings (SSSR count). The zero-order valence-electron chi connectivity index (χ0n) is 7.96. The van der Waals surface area contributed by atoms with Crippen LogP contribution < -0.4 is 0 Å². The Labute approximate surface area is 106 Å². The van der Waals surface area contributed by atoms with Crippen molar-refractivity contribution in [2.75, 3.05) is 0 Å². The molecule has 0 aromatic heterocycles. The van der Waals surface area contributed by atoms with Gasteiger partial charge in [0.1, 0.15) is 5.03 Å². The highest BCUT2D eigenvalue weighted by atomic mass is 127. The molecule has 0 saturated carbocycles. The zero-order chi connectivity index (χ0) is 11.1. The van der Waals surface area contributed by atoms with Gasteiger partial charge < -0.3 is 4.74 Å². The van der Waals surface area contributed by atoms with Crippen LogP contribution in [0.15, 0.2) is 38.9 Å². The Morgan fingerprint density at radius 2 is 1.93 bits per heavy atom. The third kappa shape index (κ3) is 1.67. The highest BCUT2D eigenvalue weighted by Crippen LogP contribution is 2.45. The normalized spacial score (nSPS) is 25.7. The van der Waals surface area contributed by atoms with E-state index in [-0.39, 0.29) is 5.03 Å². The Bertz CT molecular complexity index is 441. The summed E-state index contributed by atoms with van der Waals surface area (Å²) in [5.74, 6) is -0.451. The van der Waals surface area contributed by atoms with Crippen molar-refractivity contribution in [2.45, 2.75) is 12.5 Å². The molecular formula is C11H8ClIO2. The summed E-state index contributed by atoms with van der Waals surface area (Å²) in [5, 5.41) is 0.182. The van der Waals surface area contributed by atoms with Crippen molar-refractivity contribution >= 4 is 40.2 Å². The summed E-state index contributed by atoms with van der Waals surface area (Å²) in [6.07, 6.45) is 0. The fraction of sp³-hybridized carbons (Fsp3) is 0.182. The lowest BCUT2D eigenvalue weighted by Crippen LogP contribution is -2.23. The molecule has 0 saturated heterocycles. The van der Waals surface area contributed by atoms with Crippen molar-refractivity contribution in [3.63, 3.8) is 0 Å². The Hall–Kier alpha value is -0.550. The molecule has 1 aromatic carbocycles. The van der Waals surface area contributed by atoms with E-state index in [0.717, 1.165) is 9.14 Å². The second-order valence-corrected chi connectivity index (χ2v) is 4.87. The van der Waals surface area contributed by atoms with Crippen LogP contribution in [0, 0.1) is 0 Å². The summed E-state index contributed by atoms with van der Waals surface area (Å²) in [7, 11) is 0. The van der Waals surface area contributed by atoms with Gasteiger partial charge in [-0.2, -0.15) is 0 Å². The number of hydrogen-bond donors (Lipinski definition) is 0. The minimum atomic E-state index is -0.726. The van der Waals surface area contributed by atoms with E-state index in [9.17, 15) is 4.79 Å². The van der Waals surface area contributed by atoms with Crippen molar-refractivity contribution in [3.05, 3.63) is 44.5 Å². The van der Waals surface area contributed by atoms with Gasteiger partial charge in [0.15, 0.2) is 5.60 Å². The first-order valence-electron chi connectivity index (χ1n) is 4.40. The van der Waals surface area contributed by atoms with Crippen LogP contribution in [0.5, 0.6) is 0 Å². The monoisotopic (exact) mass is 334 g/mol. The number of halogens is 2. The Kier molecular flexibility index (Phi) is 2.77. The van der Waals surface area contributed by atoms with E-state index in [0.29, 0.717) is 0 Å². The van der Waals surface area contributed by atoms with Crippen molar-refractivity contribution in [2.24, 2.45) is 0 Å². The molecule has 0 spiro atoms. The molecular weight excluding hydrogens is 326 g/mol. The topological polar surface area (TPSA) is 26.3 Å². The van der Waals surface area contributed by atoms with Crippen LogP contribution in [-0.2, 0) is 15.1 Å². The fourth-order valence-electron chi connectivity index (χ4n) is 1.52. The molecule has 0 bridgehead atoms. The summed E-state index contributed by atoms with van der Waals surface area (Å²) in [6, 6.07) is 9.57. The van der Waals surface area contributed by atoms with Gasteiger partial charge in [0, 0.05) is 5.56 Å². The van der Waals surface area contributed by atoms with Crippen LogP contribution in [0.2, 0.25) is 0 Å². The van der Waals surface area contributed by atoms with Crippen LogP contribution >= 0.6 is 34.2 Å². The maximum atomic E-state index is 11.4. The fourth-order valence-corrected chi connectivity index (χ4v) is 2.38. The first kappa shape index (κ1) is 11.0. The first-order chi connectivity index (χ1) is 7.05. The first-order valence-corrected chi connectivity index (χ1v) is 5.86. The highest BCUT2D eigenvalue weighted by molar-refractivity contribution is 14.1. The molecule has 15 heavy (non-hydrogen) atoms. The molecule has 0 amide bonds. The molecule has 1 aliphatic heterocycles. The van der Waals surface area contributed by atoms with Crippen molar-refractivity contribution < 1.29 is 9.53 Å². The van der Waals surface area contributed by atoms with Gasteiger partial charge in [-0.15, -0.1) is 0 Å². The number of carbonyl (C=O) groups excluding carboxylic acids is 1. The minimum Gasteiger partial charge on any atom is -0.445 e. The number of ether oxygens (including phenoxy) is 1. The molecule has 0 fully saturated rings. The average Bonchev–Trinajstić information content (AvgIpc) is 2.45. The van der Waals surface area contributed by atoms with E-state index in [4.69, 9.17) is 16.3 Å². The van der Waals surface area contributed by atoms with E-state index in [1.807, 2.05) is 37.3 Å². The van der Waals surface area contributed by atoms with E-state index < -0.39 is 11.6 Å². The number of esters is 1. The number of rotatable bonds is 1. The molecule has 0 aliphatic carbocycles. The smallest absolute Gasteiger partial charge is 0.351 e. The summed E-state index contributed by atoms with van der Waals surface area (Å²) >= 11 is 7.90. The largest absolute Gasteiger partial charge is 0.445 e. The zero-order valence-corrected chi connectivity index (χ0v) is 10.9. The number of carbonyl (C=O) groups is 1. The van der Waals surface area contributed by atoms with Gasteiger partial charge in [-0.1, -0.05) is 41.9 Å². The second-order valence-electron chi connectivity index (χ2n) is 3.42. The van der Waals surface area contributed by atoms with Crippen molar-refractivity contribution in [1.29, 1.82) is 0 Å². The summed E-state index contributed by atoms with van der Waals surface area (Å²) < 4.78 is 6.04. The number of benzene rings is 1. The number of cyclic esters (lactones) is 1. The molecule has 0 radical (unpaired) electrons. The van der Waals surface area contributed by atoms with E-state index in [2.05, 4.69) is 22.6 Å². The van der Waals surface area contributed by atoms with Crippen molar-refractivity contribution in [3.8, 4) is 0 Å². The lowest BCUT2D eigenvalue weighted by atomic mass is 9.96. The number of hydrogen-bond acceptors (Lipinski definition) is 2. The molecule has 1 heterocycles. The summed E-state index contributed by atoms with van der Waals surface area (Å²) in [6.45, 7) is 1.84. The molecule has 4 heteroatoms. The van der Waals surface area contributed by atoms with Crippen LogP contribution in [0.1, 0.15) is 12.5 Å².